The fourth-order valence-electron chi connectivity index (χ4n) is 3.11. The van der Waals surface area contributed by atoms with Crippen molar-refractivity contribution in [3.8, 4) is 0 Å². The Bertz CT molecular complexity index is 936. The standard InChI is InChI=1S/C22H26FN5.HI/c1-17-25-11-12-28(17)16-20-6-4-5-19(13-20)14-26-22(24-2)27(3)15-18-7-9-21(23)10-8-18;/h4-13H,14-16H2,1-3H3,(H,24,26);1H. The van der Waals surface area contributed by atoms with Gasteiger partial charge in [0, 0.05) is 46.1 Å². The minimum Gasteiger partial charge on any atom is -0.352 e. The summed E-state index contributed by atoms with van der Waals surface area (Å²) in [4.78, 5) is 10.6. The van der Waals surface area contributed by atoms with Gasteiger partial charge in [-0.15, -0.1) is 24.0 Å². The highest BCUT2D eigenvalue weighted by Crippen LogP contribution is 2.10. The number of aliphatic imine (C=N–C) groups is 1. The molecule has 0 fully saturated rings. The molecular formula is C22H27FIN5. The van der Waals surface area contributed by atoms with Crippen LogP contribution in [0.4, 0.5) is 4.39 Å². The summed E-state index contributed by atoms with van der Waals surface area (Å²) in [5.74, 6) is 1.58. The maximum Gasteiger partial charge on any atom is 0.193 e. The quantitative estimate of drug-likeness (QED) is 0.309. The Morgan fingerprint density at radius 1 is 1.14 bits per heavy atom. The highest BCUT2D eigenvalue weighted by molar-refractivity contribution is 14.0. The minimum absolute atomic E-state index is 0. The van der Waals surface area contributed by atoms with Gasteiger partial charge in [-0.2, -0.15) is 0 Å². The van der Waals surface area contributed by atoms with E-state index in [1.807, 2.05) is 31.3 Å². The lowest BCUT2D eigenvalue weighted by atomic mass is 10.1. The largest absolute Gasteiger partial charge is 0.352 e. The molecule has 1 N–H and O–H groups in total. The Hall–Kier alpha value is -2.42. The van der Waals surface area contributed by atoms with E-state index in [1.165, 1.54) is 23.3 Å². The first kappa shape index (κ1) is 22.9. The third-order valence-corrected chi connectivity index (χ3v) is 4.62. The molecule has 0 radical (unpaired) electrons. The van der Waals surface area contributed by atoms with Gasteiger partial charge >= 0.3 is 0 Å². The number of hydrogen-bond donors (Lipinski definition) is 1. The van der Waals surface area contributed by atoms with Gasteiger partial charge in [0.25, 0.3) is 0 Å². The zero-order chi connectivity index (χ0) is 19.9. The van der Waals surface area contributed by atoms with E-state index in [9.17, 15) is 4.39 Å². The first-order chi connectivity index (χ1) is 13.5. The summed E-state index contributed by atoms with van der Waals surface area (Å²) in [6, 6.07) is 15.0. The van der Waals surface area contributed by atoms with E-state index >= 15 is 0 Å². The van der Waals surface area contributed by atoms with Crippen LogP contribution < -0.4 is 5.32 Å². The smallest absolute Gasteiger partial charge is 0.193 e. The second-order valence-electron chi connectivity index (χ2n) is 6.81. The number of aryl methyl sites for hydroxylation is 1. The highest BCUT2D eigenvalue weighted by atomic mass is 127. The molecule has 0 amide bonds. The van der Waals surface area contributed by atoms with Gasteiger partial charge in [0.05, 0.1) is 0 Å². The molecule has 2 aromatic carbocycles. The molecule has 7 heteroatoms. The van der Waals surface area contributed by atoms with Gasteiger partial charge in [-0.25, -0.2) is 9.37 Å². The molecule has 1 heterocycles. The Labute approximate surface area is 188 Å². The maximum atomic E-state index is 13.1. The van der Waals surface area contributed by atoms with Crippen LogP contribution in [0.15, 0.2) is 65.9 Å². The lowest BCUT2D eigenvalue weighted by Crippen LogP contribution is -2.38. The van der Waals surface area contributed by atoms with E-state index < -0.39 is 0 Å². The summed E-state index contributed by atoms with van der Waals surface area (Å²) in [7, 11) is 3.73. The van der Waals surface area contributed by atoms with Crippen LogP contribution in [0.2, 0.25) is 0 Å². The van der Waals surface area contributed by atoms with E-state index in [-0.39, 0.29) is 29.8 Å². The normalized spacial score (nSPS) is 11.1. The summed E-state index contributed by atoms with van der Waals surface area (Å²) < 4.78 is 15.2. The number of guanidine groups is 1. The second kappa shape index (κ2) is 10.9. The summed E-state index contributed by atoms with van der Waals surface area (Å²) in [6.07, 6.45) is 3.81. The summed E-state index contributed by atoms with van der Waals surface area (Å²) >= 11 is 0. The molecule has 0 aliphatic heterocycles. The molecule has 3 rings (SSSR count). The van der Waals surface area contributed by atoms with Crippen LogP contribution in [0.3, 0.4) is 0 Å². The van der Waals surface area contributed by atoms with Crippen LogP contribution in [-0.4, -0.2) is 34.5 Å². The maximum absolute atomic E-state index is 13.1. The predicted molar refractivity (Wildman–Crippen MR) is 126 cm³/mol. The van der Waals surface area contributed by atoms with Gasteiger partial charge in [-0.05, 0) is 35.7 Å². The number of halogens is 2. The summed E-state index contributed by atoms with van der Waals surface area (Å²) in [6.45, 7) is 4.14. The van der Waals surface area contributed by atoms with Crippen LogP contribution in [-0.2, 0) is 19.6 Å². The van der Waals surface area contributed by atoms with Crippen molar-refractivity contribution < 1.29 is 4.39 Å². The third-order valence-electron chi connectivity index (χ3n) is 4.62. The SMILES string of the molecule is CN=C(NCc1cccc(Cn2ccnc2C)c1)N(C)Cc1ccc(F)cc1.I. The van der Waals surface area contributed by atoms with Gasteiger partial charge in [0.1, 0.15) is 11.6 Å². The molecule has 3 aromatic rings. The first-order valence-electron chi connectivity index (χ1n) is 9.27. The lowest BCUT2D eigenvalue weighted by Gasteiger charge is -2.22. The number of nitrogens with zero attached hydrogens (tertiary/aromatic N) is 4. The summed E-state index contributed by atoms with van der Waals surface area (Å²) in [5, 5.41) is 3.40. The van der Waals surface area contributed by atoms with Crippen LogP contribution in [0.25, 0.3) is 0 Å². The van der Waals surface area contributed by atoms with Gasteiger partial charge in [0.2, 0.25) is 0 Å². The fraction of sp³-hybridized carbons (Fsp3) is 0.273. The van der Waals surface area contributed by atoms with Crippen LogP contribution >= 0.6 is 24.0 Å². The average molecular weight is 507 g/mol. The van der Waals surface area contributed by atoms with Crippen molar-refractivity contribution in [1.29, 1.82) is 0 Å². The van der Waals surface area contributed by atoms with Gasteiger partial charge in [-0.1, -0.05) is 36.4 Å². The Morgan fingerprint density at radius 2 is 1.86 bits per heavy atom. The molecule has 1 aromatic heterocycles. The molecule has 0 aliphatic rings. The van der Waals surface area contributed by atoms with E-state index in [1.54, 1.807) is 19.2 Å². The van der Waals surface area contributed by atoms with Crippen LogP contribution in [0.1, 0.15) is 22.5 Å². The van der Waals surface area contributed by atoms with Crippen LogP contribution in [0, 0.1) is 12.7 Å². The number of aromatic nitrogens is 2. The molecule has 5 nitrogen and oxygen atoms in total. The fourth-order valence-corrected chi connectivity index (χ4v) is 3.11. The van der Waals surface area contributed by atoms with Gasteiger partial charge < -0.3 is 14.8 Å². The van der Waals surface area contributed by atoms with E-state index in [4.69, 9.17) is 0 Å². The van der Waals surface area contributed by atoms with Crippen molar-refractivity contribution in [2.45, 2.75) is 26.6 Å². The molecule has 0 atom stereocenters. The zero-order valence-electron chi connectivity index (χ0n) is 17.0. The first-order valence-corrected chi connectivity index (χ1v) is 9.27. The molecule has 0 aliphatic carbocycles. The Morgan fingerprint density at radius 3 is 2.52 bits per heavy atom. The molecule has 154 valence electrons. The van der Waals surface area contributed by atoms with E-state index in [0.29, 0.717) is 13.1 Å². The molecule has 0 bridgehead atoms. The van der Waals surface area contributed by atoms with Gasteiger partial charge in [-0.3, -0.25) is 4.99 Å². The van der Waals surface area contributed by atoms with Crippen molar-refractivity contribution in [3.63, 3.8) is 0 Å². The monoisotopic (exact) mass is 507 g/mol. The molecular weight excluding hydrogens is 480 g/mol. The number of rotatable bonds is 6. The molecule has 29 heavy (non-hydrogen) atoms. The zero-order valence-corrected chi connectivity index (χ0v) is 19.3. The lowest BCUT2D eigenvalue weighted by molar-refractivity contribution is 0.476. The Kier molecular flexibility index (Phi) is 8.63. The number of imidazole rings is 1. The van der Waals surface area contributed by atoms with E-state index in [2.05, 4.69) is 44.1 Å². The number of nitrogens with one attached hydrogen (secondary N) is 1. The predicted octanol–water partition coefficient (Wildman–Crippen LogP) is 4.20. The third kappa shape index (κ3) is 6.56. The van der Waals surface area contributed by atoms with Crippen molar-refractivity contribution in [2.75, 3.05) is 14.1 Å². The topological polar surface area (TPSA) is 45.5 Å². The number of hydrogen-bond acceptors (Lipinski definition) is 2. The Balaban J connectivity index is 0.00000300. The van der Waals surface area contributed by atoms with E-state index in [0.717, 1.165) is 23.9 Å². The van der Waals surface area contributed by atoms with Crippen LogP contribution in [0.5, 0.6) is 0 Å². The van der Waals surface area contributed by atoms with Crippen molar-refractivity contribution >= 4 is 29.9 Å². The molecule has 0 saturated heterocycles. The average Bonchev–Trinajstić information content (AvgIpc) is 3.09. The molecule has 0 unspecified atom stereocenters. The molecule has 0 saturated carbocycles. The van der Waals surface area contributed by atoms with Crippen molar-refractivity contribution in [2.24, 2.45) is 4.99 Å². The number of benzene rings is 2. The minimum atomic E-state index is -0.223. The summed E-state index contributed by atoms with van der Waals surface area (Å²) in [5.41, 5.74) is 3.45. The van der Waals surface area contributed by atoms with Crippen molar-refractivity contribution in [1.82, 2.24) is 19.8 Å². The highest BCUT2D eigenvalue weighted by Gasteiger charge is 2.07. The molecule has 0 spiro atoms. The van der Waals surface area contributed by atoms with Crippen molar-refractivity contribution in [3.05, 3.63) is 89.3 Å². The second-order valence-corrected chi connectivity index (χ2v) is 6.81. The van der Waals surface area contributed by atoms with Gasteiger partial charge in [0.15, 0.2) is 5.96 Å².